The summed E-state index contributed by atoms with van der Waals surface area (Å²) in [5, 5.41) is 3.81. The fourth-order valence-electron chi connectivity index (χ4n) is 5.35. The minimum absolute atomic E-state index is 0.371. The van der Waals surface area contributed by atoms with E-state index >= 15 is 0 Å². The second-order valence-electron chi connectivity index (χ2n) is 8.27. The Hall–Kier alpha value is -2.90. The molecule has 5 atom stereocenters. The van der Waals surface area contributed by atoms with Gasteiger partial charge in [0.15, 0.2) is 5.54 Å². The van der Waals surface area contributed by atoms with E-state index in [9.17, 15) is 9.59 Å². The summed E-state index contributed by atoms with van der Waals surface area (Å²) < 4.78 is 11.4. The van der Waals surface area contributed by atoms with Crippen LogP contribution in [0.2, 0.25) is 10.0 Å². The zero-order chi connectivity index (χ0) is 24.1. The predicted molar refractivity (Wildman–Crippen MR) is 128 cm³/mol. The quantitative estimate of drug-likeness (QED) is 0.411. The predicted octanol–water partition coefficient (Wildman–Crippen LogP) is 4.63. The van der Waals surface area contributed by atoms with Crippen molar-refractivity contribution in [3.8, 4) is 0 Å². The van der Waals surface area contributed by atoms with Gasteiger partial charge in [0.2, 0.25) is 11.8 Å². The molecule has 1 N–H and O–H groups in total. The molecular weight excluding hydrogens is 475 g/mol. The number of benzene rings is 3. The Morgan fingerprint density at radius 1 is 0.912 bits per heavy atom. The zero-order valence-electron chi connectivity index (χ0n) is 18.5. The maximum absolute atomic E-state index is 13.9. The molecule has 34 heavy (non-hydrogen) atoms. The molecule has 174 valence electrons. The molecule has 2 saturated heterocycles. The molecule has 0 saturated carbocycles. The standard InChI is InChI=1S/C26H22Cl2N2O4/c1-33-24(32)25-21(16-10-5-3-6-11-16)23(31)29-26(34-2,17-12-7-4-8-13-17)30(25)22(25)20-18(27)14-9-15-19(20)28/h3-15,21-22H,1-2H3,(H,29,31)/t21-,22+,25+,26+,30?/m0/s1. The Morgan fingerprint density at radius 2 is 1.50 bits per heavy atom. The minimum atomic E-state index is -1.45. The highest BCUT2D eigenvalue weighted by atomic mass is 35.5. The molecule has 0 aliphatic carbocycles. The Balaban J connectivity index is 1.83. The lowest BCUT2D eigenvalue weighted by molar-refractivity contribution is -0.181. The van der Waals surface area contributed by atoms with Gasteiger partial charge < -0.3 is 14.8 Å². The van der Waals surface area contributed by atoms with Crippen LogP contribution in [0.3, 0.4) is 0 Å². The Morgan fingerprint density at radius 3 is 2.06 bits per heavy atom. The Kier molecular flexibility index (Phi) is 5.65. The first-order valence-electron chi connectivity index (χ1n) is 10.7. The van der Waals surface area contributed by atoms with Gasteiger partial charge in [0, 0.05) is 28.3 Å². The average Bonchev–Trinajstić information content (AvgIpc) is 3.54. The van der Waals surface area contributed by atoms with Crippen molar-refractivity contribution in [3.05, 3.63) is 106 Å². The SMILES string of the molecule is COC(=O)[C@]12[C@@H](c3ccccc3)C(=O)N[C@](OC)(c3ccccc3)N1[C@@H]2c1c(Cl)cccc1Cl. The number of fused-ring (bicyclic) bond motifs is 1. The molecule has 0 aromatic heterocycles. The normalized spacial score (nSPS) is 29.6. The van der Waals surface area contributed by atoms with Crippen LogP contribution in [0.4, 0.5) is 0 Å². The highest BCUT2D eigenvalue weighted by molar-refractivity contribution is 6.36. The molecule has 2 heterocycles. The summed E-state index contributed by atoms with van der Waals surface area (Å²) in [7, 11) is 2.80. The second kappa shape index (κ2) is 8.40. The fourth-order valence-corrected chi connectivity index (χ4v) is 5.96. The van der Waals surface area contributed by atoms with Crippen LogP contribution >= 0.6 is 23.2 Å². The van der Waals surface area contributed by atoms with E-state index in [1.165, 1.54) is 14.2 Å². The van der Waals surface area contributed by atoms with Crippen molar-refractivity contribution in [2.45, 2.75) is 23.3 Å². The van der Waals surface area contributed by atoms with Gasteiger partial charge in [-0.15, -0.1) is 0 Å². The lowest BCUT2D eigenvalue weighted by Crippen LogP contribution is -2.64. The van der Waals surface area contributed by atoms with Crippen molar-refractivity contribution in [1.29, 1.82) is 0 Å². The third kappa shape index (κ3) is 3.03. The van der Waals surface area contributed by atoms with Gasteiger partial charge in [-0.25, -0.2) is 9.69 Å². The molecule has 2 aliphatic heterocycles. The first kappa shape index (κ1) is 22.9. The third-order valence-corrected chi connectivity index (χ3v) is 7.38. The van der Waals surface area contributed by atoms with Gasteiger partial charge in [0.25, 0.3) is 0 Å². The van der Waals surface area contributed by atoms with Gasteiger partial charge in [-0.1, -0.05) is 89.9 Å². The van der Waals surface area contributed by atoms with E-state index in [1.807, 2.05) is 65.6 Å². The molecule has 8 heteroatoms. The number of methoxy groups -OCH3 is 2. The number of carbonyl (C=O) groups excluding carboxylic acids is 2. The number of halogens is 2. The molecule has 0 bridgehead atoms. The number of hydrogen-bond donors (Lipinski definition) is 1. The number of amides is 1. The Labute approximate surface area is 207 Å². The maximum Gasteiger partial charge on any atom is 0.329 e. The van der Waals surface area contributed by atoms with Crippen LogP contribution in [-0.2, 0) is 24.9 Å². The van der Waals surface area contributed by atoms with Crippen LogP contribution in [0, 0.1) is 0 Å². The largest absolute Gasteiger partial charge is 0.468 e. The van der Waals surface area contributed by atoms with Crippen LogP contribution < -0.4 is 5.32 Å². The molecular formula is C26H22Cl2N2O4. The summed E-state index contributed by atoms with van der Waals surface area (Å²) in [5.74, 6) is -3.30. The molecule has 1 amide bonds. The van der Waals surface area contributed by atoms with E-state index in [4.69, 9.17) is 32.7 Å². The minimum Gasteiger partial charge on any atom is -0.468 e. The summed E-state index contributed by atoms with van der Waals surface area (Å²) in [6.07, 6.45) is 0. The highest BCUT2D eigenvalue weighted by Gasteiger charge is 2.83. The van der Waals surface area contributed by atoms with E-state index in [2.05, 4.69) is 5.32 Å². The number of nitrogens with zero attached hydrogens (tertiary/aromatic N) is 1. The van der Waals surface area contributed by atoms with Gasteiger partial charge in [-0.05, 0) is 17.7 Å². The van der Waals surface area contributed by atoms with Crippen molar-refractivity contribution in [2.75, 3.05) is 14.2 Å². The molecule has 2 aliphatic rings. The van der Waals surface area contributed by atoms with Gasteiger partial charge in [0.05, 0.1) is 19.1 Å². The first-order chi connectivity index (χ1) is 16.4. The van der Waals surface area contributed by atoms with E-state index < -0.39 is 29.3 Å². The van der Waals surface area contributed by atoms with Crippen molar-refractivity contribution in [1.82, 2.24) is 10.2 Å². The van der Waals surface area contributed by atoms with Crippen LogP contribution in [0.1, 0.15) is 28.7 Å². The monoisotopic (exact) mass is 496 g/mol. The topological polar surface area (TPSA) is 67.6 Å². The third-order valence-electron chi connectivity index (χ3n) is 6.72. The van der Waals surface area contributed by atoms with Crippen LogP contribution in [0.25, 0.3) is 0 Å². The van der Waals surface area contributed by atoms with Crippen LogP contribution in [0.5, 0.6) is 0 Å². The smallest absolute Gasteiger partial charge is 0.329 e. The molecule has 1 unspecified atom stereocenters. The van der Waals surface area contributed by atoms with Crippen molar-refractivity contribution in [2.24, 2.45) is 0 Å². The highest BCUT2D eigenvalue weighted by Crippen LogP contribution is 2.69. The number of esters is 1. The van der Waals surface area contributed by atoms with E-state index in [-0.39, 0.29) is 5.91 Å². The summed E-state index contributed by atoms with van der Waals surface area (Å²) in [6, 6.07) is 22.8. The molecule has 0 radical (unpaired) electrons. The molecule has 6 nitrogen and oxygen atoms in total. The maximum atomic E-state index is 13.9. The van der Waals surface area contributed by atoms with Gasteiger partial charge in [0.1, 0.15) is 0 Å². The number of rotatable bonds is 5. The number of hydrogen-bond acceptors (Lipinski definition) is 5. The van der Waals surface area contributed by atoms with Crippen molar-refractivity contribution in [3.63, 3.8) is 0 Å². The van der Waals surface area contributed by atoms with Crippen molar-refractivity contribution >= 4 is 35.1 Å². The molecule has 0 spiro atoms. The van der Waals surface area contributed by atoms with Gasteiger partial charge in [-0.3, -0.25) is 4.79 Å². The summed E-state index contributed by atoms with van der Waals surface area (Å²) in [6.45, 7) is 0. The van der Waals surface area contributed by atoms with Gasteiger partial charge in [-0.2, -0.15) is 0 Å². The van der Waals surface area contributed by atoms with E-state index in [1.54, 1.807) is 18.2 Å². The second-order valence-corrected chi connectivity index (χ2v) is 9.09. The fraction of sp³-hybridized carbons (Fsp3) is 0.231. The lowest BCUT2D eigenvalue weighted by Gasteiger charge is -2.43. The zero-order valence-corrected chi connectivity index (χ0v) is 20.0. The van der Waals surface area contributed by atoms with E-state index in [0.717, 1.165) is 0 Å². The molecule has 3 aromatic rings. The molecule has 2 fully saturated rings. The molecule has 5 rings (SSSR count). The summed E-state index contributed by atoms with van der Waals surface area (Å²) in [5.41, 5.74) is 0.403. The number of nitrogens with one attached hydrogen (secondary N) is 1. The lowest BCUT2D eigenvalue weighted by atomic mass is 9.79. The van der Waals surface area contributed by atoms with E-state index in [0.29, 0.717) is 26.7 Å². The average molecular weight is 497 g/mol. The van der Waals surface area contributed by atoms with Gasteiger partial charge >= 0.3 is 5.97 Å². The molecule has 3 aromatic carbocycles. The van der Waals surface area contributed by atoms with Crippen LogP contribution in [-0.4, -0.2) is 36.5 Å². The number of carbonyl (C=O) groups is 2. The van der Waals surface area contributed by atoms with Crippen LogP contribution in [0.15, 0.2) is 78.9 Å². The Bertz CT molecular complexity index is 1240. The first-order valence-corrected chi connectivity index (χ1v) is 11.5. The summed E-state index contributed by atoms with van der Waals surface area (Å²) in [4.78, 5) is 29.4. The van der Waals surface area contributed by atoms with Crippen molar-refractivity contribution < 1.29 is 19.1 Å². The summed E-state index contributed by atoms with van der Waals surface area (Å²) >= 11 is 13.3. The number of ether oxygens (including phenoxy) is 2.